The van der Waals surface area contributed by atoms with Crippen LogP contribution in [-0.2, 0) is 11.3 Å². The molecule has 0 aliphatic heterocycles. The highest BCUT2D eigenvalue weighted by Crippen LogP contribution is 2.30. The van der Waals surface area contributed by atoms with E-state index in [-0.39, 0.29) is 12.4 Å². The van der Waals surface area contributed by atoms with Crippen LogP contribution in [0.3, 0.4) is 0 Å². The van der Waals surface area contributed by atoms with Crippen LogP contribution in [0.15, 0.2) is 83.6 Å². The van der Waals surface area contributed by atoms with Gasteiger partial charge in [-0.25, -0.2) is 0 Å². The second-order valence-corrected chi connectivity index (χ2v) is 6.28. The molecule has 0 bridgehead atoms. The van der Waals surface area contributed by atoms with Gasteiger partial charge in [-0.1, -0.05) is 59.8 Å². The monoisotopic (exact) mass is 370 g/mol. The van der Waals surface area contributed by atoms with Crippen molar-refractivity contribution in [3.05, 3.63) is 96.0 Å². The van der Waals surface area contributed by atoms with Gasteiger partial charge in [-0.05, 0) is 23.3 Å². The second kappa shape index (κ2) is 7.98. The fourth-order valence-corrected chi connectivity index (χ4v) is 3.08. The van der Waals surface area contributed by atoms with E-state index in [1.54, 1.807) is 25.4 Å². The number of nitrogens with zero attached hydrogens (tertiary/aromatic N) is 2. The summed E-state index contributed by atoms with van der Waals surface area (Å²) in [6.07, 6.45) is 3.16. The topological polar surface area (TPSA) is 65.2 Å². The lowest BCUT2D eigenvalue weighted by molar-refractivity contribution is 0.102. The summed E-state index contributed by atoms with van der Waals surface area (Å²) >= 11 is 0. The standard InChI is InChI=1S/C23H18N2O3/c1-27-15-20-21(23(26)19-8-5-13-24-14-19)22(25-28-20)18-11-9-17(10-12-18)16-6-3-2-4-7-16/h2-14H,15H2,1H3. The molecule has 2 aromatic heterocycles. The summed E-state index contributed by atoms with van der Waals surface area (Å²) in [5.41, 5.74) is 4.40. The maximum Gasteiger partial charge on any atom is 0.200 e. The molecule has 5 heteroatoms. The van der Waals surface area contributed by atoms with Crippen molar-refractivity contribution in [2.45, 2.75) is 6.61 Å². The summed E-state index contributed by atoms with van der Waals surface area (Å²) in [5, 5.41) is 4.16. The molecule has 0 saturated carbocycles. The Morgan fingerprint density at radius 1 is 0.929 bits per heavy atom. The molecule has 2 aromatic carbocycles. The number of carbonyl (C=O) groups excluding carboxylic acids is 1. The average Bonchev–Trinajstić information content (AvgIpc) is 3.18. The lowest BCUT2D eigenvalue weighted by atomic mass is 9.97. The van der Waals surface area contributed by atoms with Gasteiger partial charge in [0.2, 0.25) is 5.78 Å². The van der Waals surface area contributed by atoms with Crippen molar-refractivity contribution in [3.8, 4) is 22.4 Å². The lowest BCUT2D eigenvalue weighted by Crippen LogP contribution is -2.06. The van der Waals surface area contributed by atoms with E-state index < -0.39 is 0 Å². The van der Waals surface area contributed by atoms with Crippen molar-refractivity contribution in [1.29, 1.82) is 0 Å². The molecule has 4 rings (SSSR count). The molecule has 4 aromatic rings. The molecule has 0 spiro atoms. The summed E-state index contributed by atoms with van der Waals surface area (Å²) in [6.45, 7) is 0.163. The number of carbonyl (C=O) groups is 1. The Kier molecular flexibility index (Phi) is 5.08. The third-order valence-electron chi connectivity index (χ3n) is 4.45. The van der Waals surface area contributed by atoms with Crippen molar-refractivity contribution in [2.75, 3.05) is 7.11 Å². The maximum absolute atomic E-state index is 13.1. The van der Waals surface area contributed by atoms with E-state index in [1.165, 1.54) is 6.20 Å². The Bertz CT molecular complexity index is 1070. The van der Waals surface area contributed by atoms with E-state index >= 15 is 0 Å². The normalized spacial score (nSPS) is 10.8. The first-order valence-electron chi connectivity index (χ1n) is 8.86. The zero-order valence-electron chi connectivity index (χ0n) is 15.3. The largest absolute Gasteiger partial charge is 0.377 e. The van der Waals surface area contributed by atoms with E-state index in [2.05, 4.69) is 22.3 Å². The third kappa shape index (κ3) is 3.48. The van der Waals surface area contributed by atoms with Gasteiger partial charge in [0.25, 0.3) is 0 Å². The minimum absolute atomic E-state index is 0.163. The summed E-state index contributed by atoms with van der Waals surface area (Å²) in [7, 11) is 1.55. The molecule has 28 heavy (non-hydrogen) atoms. The number of aromatic nitrogens is 2. The van der Waals surface area contributed by atoms with Crippen LogP contribution in [0.1, 0.15) is 21.7 Å². The lowest BCUT2D eigenvalue weighted by Gasteiger charge is -2.05. The molecule has 0 aliphatic carbocycles. The van der Waals surface area contributed by atoms with Crippen LogP contribution >= 0.6 is 0 Å². The number of pyridine rings is 1. The van der Waals surface area contributed by atoms with Crippen LogP contribution in [0.4, 0.5) is 0 Å². The van der Waals surface area contributed by atoms with Gasteiger partial charge in [-0.15, -0.1) is 0 Å². The van der Waals surface area contributed by atoms with Crippen LogP contribution in [0.2, 0.25) is 0 Å². The Morgan fingerprint density at radius 2 is 1.64 bits per heavy atom. The van der Waals surface area contributed by atoms with Crippen LogP contribution in [-0.4, -0.2) is 23.0 Å². The molecule has 0 aliphatic rings. The molecule has 0 amide bonds. The van der Waals surface area contributed by atoms with Crippen molar-refractivity contribution in [3.63, 3.8) is 0 Å². The van der Waals surface area contributed by atoms with Crippen molar-refractivity contribution in [2.24, 2.45) is 0 Å². The van der Waals surface area contributed by atoms with E-state index in [4.69, 9.17) is 9.26 Å². The highest BCUT2D eigenvalue weighted by Gasteiger charge is 2.25. The molecule has 138 valence electrons. The van der Waals surface area contributed by atoms with E-state index in [0.29, 0.717) is 22.6 Å². The van der Waals surface area contributed by atoms with Gasteiger partial charge < -0.3 is 9.26 Å². The summed E-state index contributed by atoms with van der Waals surface area (Å²) in [4.78, 5) is 17.1. The van der Waals surface area contributed by atoms with Gasteiger partial charge in [-0.2, -0.15) is 0 Å². The number of hydrogen-bond acceptors (Lipinski definition) is 5. The molecule has 0 atom stereocenters. The Balaban J connectivity index is 1.75. The fourth-order valence-electron chi connectivity index (χ4n) is 3.08. The fraction of sp³-hybridized carbons (Fsp3) is 0.0870. The highest BCUT2D eigenvalue weighted by molar-refractivity contribution is 6.12. The van der Waals surface area contributed by atoms with Gasteiger partial charge in [-0.3, -0.25) is 9.78 Å². The van der Waals surface area contributed by atoms with Gasteiger partial charge in [0.05, 0.1) is 5.56 Å². The predicted octanol–water partition coefficient (Wildman–Crippen LogP) is 4.78. The second-order valence-electron chi connectivity index (χ2n) is 6.28. The first-order valence-corrected chi connectivity index (χ1v) is 8.86. The van der Waals surface area contributed by atoms with Crippen LogP contribution in [0, 0.1) is 0 Å². The Morgan fingerprint density at radius 3 is 2.32 bits per heavy atom. The number of methoxy groups -OCH3 is 1. The Hall–Kier alpha value is -3.57. The number of ether oxygens (including phenoxy) is 1. The van der Waals surface area contributed by atoms with Crippen molar-refractivity contribution < 1.29 is 14.1 Å². The third-order valence-corrected chi connectivity index (χ3v) is 4.45. The first-order chi connectivity index (χ1) is 13.8. The van der Waals surface area contributed by atoms with Crippen molar-refractivity contribution >= 4 is 5.78 Å². The van der Waals surface area contributed by atoms with Crippen LogP contribution < -0.4 is 0 Å². The van der Waals surface area contributed by atoms with Crippen molar-refractivity contribution in [1.82, 2.24) is 10.1 Å². The minimum atomic E-state index is -0.191. The van der Waals surface area contributed by atoms with Crippen LogP contribution in [0.25, 0.3) is 22.4 Å². The predicted molar refractivity (Wildman–Crippen MR) is 106 cm³/mol. The number of ketones is 1. The molecule has 0 radical (unpaired) electrons. The number of rotatable bonds is 6. The Labute approximate surface area is 162 Å². The highest BCUT2D eigenvalue weighted by atomic mass is 16.5. The first kappa shape index (κ1) is 17.8. The van der Waals surface area contributed by atoms with E-state index in [0.717, 1.165) is 16.7 Å². The molecule has 5 nitrogen and oxygen atoms in total. The molecular weight excluding hydrogens is 352 g/mol. The summed E-state index contributed by atoms with van der Waals surface area (Å²) < 4.78 is 10.6. The van der Waals surface area contributed by atoms with E-state index in [9.17, 15) is 4.79 Å². The summed E-state index contributed by atoms with van der Waals surface area (Å²) in [5.74, 6) is 0.210. The smallest absolute Gasteiger partial charge is 0.200 e. The SMILES string of the molecule is COCc1onc(-c2ccc(-c3ccccc3)cc2)c1C(=O)c1cccnc1. The van der Waals surface area contributed by atoms with Gasteiger partial charge >= 0.3 is 0 Å². The molecule has 0 N–H and O–H groups in total. The van der Waals surface area contributed by atoms with Gasteiger partial charge in [0.15, 0.2) is 5.76 Å². The molecule has 0 unspecified atom stereocenters. The zero-order valence-corrected chi connectivity index (χ0v) is 15.3. The molecule has 0 fully saturated rings. The minimum Gasteiger partial charge on any atom is -0.377 e. The summed E-state index contributed by atoms with van der Waals surface area (Å²) in [6, 6.07) is 21.4. The maximum atomic E-state index is 13.1. The average molecular weight is 370 g/mol. The zero-order chi connectivity index (χ0) is 19.3. The van der Waals surface area contributed by atoms with E-state index in [1.807, 2.05) is 42.5 Å². The molecular formula is C23H18N2O3. The van der Waals surface area contributed by atoms with Crippen LogP contribution in [0.5, 0.6) is 0 Å². The quantitative estimate of drug-likeness (QED) is 0.457. The molecule has 2 heterocycles. The van der Waals surface area contributed by atoms with Gasteiger partial charge in [0.1, 0.15) is 12.3 Å². The molecule has 0 saturated heterocycles. The van der Waals surface area contributed by atoms with Gasteiger partial charge in [0, 0.05) is 30.6 Å². The number of benzene rings is 2. The number of hydrogen-bond donors (Lipinski definition) is 0.